The van der Waals surface area contributed by atoms with Crippen molar-refractivity contribution in [2.24, 2.45) is 0 Å². The van der Waals surface area contributed by atoms with Gasteiger partial charge in [0.1, 0.15) is 11.4 Å². The summed E-state index contributed by atoms with van der Waals surface area (Å²) in [7, 11) is 0. The zero-order valence-electron chi connectivity index (χ0n) is 10.1. The molecular weight excluding hydrogens is 269 g/mol. The van der Waals surface area contributed by atoms with Crippen LogP contribution in [-0.4, -0.2) is 15.7 Å². The molecule has 0 spiro atoms. The van der Waals surface area contributed by atoms with Crippen molar-refractivity contribution in [3.05, 3.63) is 55.0 Å². The van der Waals surface area contributed by atoms with E-state index in [1.54, 1.807) is 24.5 Å². The van der Waals surface area contributed by atoms with Crippen LogP contribution >= 0.6 is 0 Å². The van der Waals surface area contributed by atoms with Crippen LogP contribution in [0.2, 0.25) is 0 Å². The summed E-state index contributed by atoms with van der Waals surface area (Å²) >= 11 is 0. The number of aromatic nitrogens is 2. The van der Waals surface area contributed by atoms with Gasteiger partial charge in [0.15, 0.2) is 0 Å². The maximum absolute atomic E-state index is 12.1. The second kappa shape index (κ2) is 4.56. The Morgan fingerprint density at radius 1 is 0.950 bits per heavy atom. The molecule has 0 saturated carbocycles. The van der Waals surface area contributed by atoms with Crippen molar-refractivity contribution in [1.82, 2.24) is 9.38 Å². The van der Waals surface area contributed by atoms with Crippen LogP contribution in [0.25, 0.3) is 16.8 Å². The van der Waals surface area contributed by atoms with Crippen molar-refractivity contribution in [1.29, 1.82) is 0 Å². The molecule has 0 N–H and O–H groups in total. The van der Waals surface area contributed by atoms with E-state index in [1.165, 1.54) is 12.1 Å². The molecule has 1 aromatic carbocycles. The molecule has 0 aliphatic heterocycles. The van der Waals surface area contributed by atoms with Gasteiger partial charge in [0.05, 0.1) is 0 Å². The van der Waals surface area contributed by atoms with Gasteiger partial charge < -0.3 is 9.14 Å². The first-order valence-corrected chi connectivity index (χ1v) is 5.80. The topological polar surface area (TPSA) is 26.5 Å². The minimum atomic E-state index is -4.67. The number of hydrogen-bond donors (Lipinski definition) is 0. The van der Waals surface area contributed by atoms with Gasteiger partial charge in [-0.05, 0) is 35.4 Å². The molecule has 0 aliphatic carbocycles. The minimum Gasteiger partial charge on any atom is -0.406 e. The zero-order chi connectivity index (χ0) is 14.2. The summed E-state index contributed by atoms with van der Waals surface area (Å²) in [4.78, 5) is 4.13. The van der Waals surface area contributed by atoms with Gasteiger partial charge in [-0.15, -0.1) is 13.2 Å². The fraction of sp³-hybridized carbons (Fsp3) is 0.0714. The monoisotopic (exact) mass is 278 g/mol. The van der Waals surface area contributed by atoms with Crippen molar-refractivity contribution in [2.45, 2.75) is 6.36 Å². The lowest BCUT2D eigenvalue weighted by atomic mass is 10.1. The van der Waals surface area contributed by atoms with Crippen LogP contribution in [0.3, 0.4) is 0 Å². The number of rotatable bonds is 2. The molecule has 0 amide bonds. The second-order valence-electron chi connectivity index (χ2n) is 4.18. The number of nitrogens with zero attached hydrogens (tertiary/aromatic N) is 2. The first-order valence-electron chi connectivity index (χ1n) is 5.80. The number of halogens is 3. The number of pyridine rings is 1. The molecule has 102 valence electrons. The van der Waals surface area contributed by atoms with Crippen LogP contribution < -0.4 is 4.74 Å². The van der Waals surface area contributed by atoms with Crippen LogP contribution in [-0.2, 0) is 0 Å². The Bertz CT molecular complexity index is 732. The van der Waals surface area contributed by atoms with Gasteiger partial charge in [0, 0.05) is 18.6 Å². The highest BCUT2D eigenvalue weighted by Gasteiger charge is 2.30. The largest absolute Gasteiger partial charge is 0.573 e. The lowest BCUT2D eigenvalue weighted by Gasteiger charge is -2.09. The van der Waals surface area contributed by atoms with Crippen LogP contribution in [0.15, 0.2) is 55.0 Å². The Morgan fingerprint density at radius 2 is 1.65 bits per heavy atom. The Hall–Kier alpha value is -2.50. The van der Waals surface area contributed by atoms with E-state index in [2.05, 4.69) is 9.72 Å². The summed E-state index contributed by atoms with van der Waals surface area (Å²) in [5, 5.41) is 0. The third-order valence-electron chi connectivity index (χ3n) is 2.81. The van der Waals surface area contributed by atoms with Crippen LogP contribution in [0, 0.1) is 0 Å². The first kappa shape index (κ1) is 12.5. The van der Waals surface area contributed by atoms with Gasteiger partial charge in [0.2, 0.25) is 0 Å². The maximum atomic E-state index is 12.1. The minimum absolute atomic E-state index is 0.232. The van der Waals surface area contributed by atoms with Crippen LogP contribution in [0.4, 0.5) is 13.2 Å². The lowest BCUT2D eigenvalue weighted by Crippen LogP contribution is -2.16. The molecule has 3 nitrogen and oxygen atoms in total. The molecule has 0 saturated heterocycles. The van der Waals surface area contributed by atoms with E-state index in [1.807, 2.05) is 22.7 Å². The highest BCUT2D eigenvalue weighted by Crippen LogP contribution is 2.26. The van der Waals surface area contributed by atoms with Gasteiger partial charge in [-0.3, -0.25) is 0 Å². The highest BCUT2D eigenvalue weighted by molar-refractivity contribution is 5.65. The molecule has 3 aromatic rings. The van der Waals surface area contributed by atoms with Crippen molar-refractivity contribution in [3.63, 3.8) is 0 Å². The fourth-order valence-corrected chi connectivity index (χ4v) is 1.94. The highest BCUT2D eigenvalue weighted by atomic mass is 19.4. The van der Waals surface area contributed by atoms with Crippen LogP contribution in [0.1, 0.15) is 0 Å². The smallest absolute Gasteiger partial charge is 0.406 e. The summed E-state index contributed by atoms with van der Waals surface area (Å²) in [6.45, 7) is 0. The molecule has 0 unspecified atom stereocenters. The van der Waals surface area contributed by atoms with Gasteiger partial charge in [-0.1, -0.05) is 12.1 Å². The molecule has 0 fully saturated rings. The van der Waals surface area contributed by atoms with E-state index in [0.717, 1.165) is 16.8 Å². The average Bonchev–Trinajstić information content (AvgIpc) is 2.85. The van der Waals surface area contributed by atoms with Crippen molar-refractivity contribution in [2.75, 3.05) is 0 Å². The Morgan fingerprint density at radius 3 is 2.35 bits per heavy atom. The number of imidazole rings is 1. The molecule has 2 heterocycles. The number of alkyl halides is 3. The normalized spacial score (nSPS) is 11.8. The summed E-state index contributed by atoms with van der Waals surface area (Å²) in [5.74, 6) is -0.232. The molecule has 6 heteroatoms. The third-order valence-corrected chi connectivity index (χ3v) is 2.81. The van der Waals surface area contributed by atoms with Crippen LogP contribution in [0.5, 0.6) is 5.75 Å². The van der Waals surface area contributed by atoms with Gasteiger partial charge in [-0.2, -0.15) is 0 Å². The number of hydrogen-bond acceptors (Lipinski definition) is 2. The summed E-state index contributed by atoms with van der Waals surface area (Å²) < 4.78 is 41.9. The third kappa shape index (κ3) is 2.59. The van der Waals surface area contributed by atoms with E-state index in [9.17, 15) is 13.2 Å². The summed E-state index contributed by atoms with van der Waals surface area (Å²) in [6, 6.07) is 9.46. The standard InChI is InChI=1S/C14H9F3N2O/c15-14(16,17)20-12-4-1-10(2-5-12)11-3-6-13-18-7-8-19(13)9-11/h1-9H. The molecule has 20 heavy (non-hydrogen) atoms. The van der Waals surface area contributed by atoms with Gasteiger partial charge >= 0.3 is 6.36 Å². The SMILES string of the molecule is FC(F)(F)Oc1ccc(-c2ccc3nccn3c2)cc1. The molecule has 2 aromatic heterocycles. The molecule has 0 atom stereocenters. The predicted molar refractivity (Wildman–Crippen MR) is 67.3 cm³/mol. The average molecular weight is 278 g/mol. The zero-order valence-corrected chi connectivity index (χ0v) is 10.1. The van der Waals surface area contributed by atoms with E-state index in [0.29, 0.717) is 0 Å². The summed E-state index contributed by atoms with van der Waals surface area (Å²) in [6.07, 6.45) is 0.679. The van der Waals surface area contributed by atoms with E-state index < -0.39 is 6.36 Å². The molecule has 0 radical (unpaired) electrons. The number of benzene rings is 1. The molecule has 3 rings (SSSR count). The van der Waals surface area contributed by atoms with Gasteiger partial charge in [-0.25, -0.2) is 4.98 Å². The molecule has 0 bridgehead atoms. The quantitative estimate of drug-likeness (QED) is 0.710. The van der Waals surface area contributed by atoms with E-state index >= 15 is 0 Å². The summed E-state index contributed by atoms with van der Waals surface area (Å²) in [5.41, 5.74) is 2.50. The maximum Gasteiger partial charge on any atom is 0.573 e. The molecule has 0 aliphatic rings. The first-order chi connectivity index (χ1) is 9.51. The Labute approximate surface area is 112 Å². The second-order valence-corrected chi connectivity index (χ2v) is 4.18. The van der Waals surface area contributed by atoms with Crippen molar-refractivity contribution < 1.29 is 17.9 Å². The Balaban J connectivity index is 1.90. The van der Waals surface area contributed by atoms with Crippen molar-refractivity contribution >= 4 is 5.65 Å². The lowest BCUT2D eigenvalue weighted by molar-refractivity contribution is -0.274. The number of ether oxygens (including phenoxy) is 1. The van der Waals surface area contributed by atoms with E-state index in [4.69, 9.17) is 0 Å². The number of fused-ring (bicyclic) bond motifs is 1. The van der Waals surface area contributed by atoms with Gasteiger partial charge in [0.25, 0.3) is 0 Å². The fourth-order valence-electron chi connectivity index (χ4n) is 1.94. The van der Waals surface area contributed by atoms with E-state index in [-0.39, 0.29) is 5.75 Å². The van der Waals surface area contributed by atoms with Crippen molar-refractivity contribution in [3.8, 4) is 16.9 Å². The molecular formula is C14H9F3N2O. The predicted octanol–water partition coefficient (Wildman–Crippen LogP) is 3.90. The Kier molecular flexibility index (Phi) is 2.85.